The van der Waals surface area contributed by atoms with Gasteiger partial charge in [-0.1, -0.05) is 24.6 Å². The van der Waals surface area contributed by atoms with Gasteiger partial charge in [0, 0.05) is 11.6 Å². The first-order valence-electron chi connectivity index (χ1n) is 7.66. The van der Waals surface area contributed by atoms with Crippen molar-refractivity contribution in [1.82, 2.24) is 0 Å². The highest BCUT2D eigenvalue weighted by atomic mass is 16.5. The monoisotopic (exact) mass is 259 g/mol. The number of hydrogen-bond acceptors (Lipinski definition) is 2. The van der Waals surface area contributed by atoms with E-state index in [1.165, 1.54) is 31.2 Å². The van der Waals surface area contributed by atoms with Crippen LogP contribution in [0.4, 0.5) is 0 Å². The number of hydrogen-bond donors (Lipinski definition) is 1. The van der Waals surface area contributed by atoms with E-state index in [2.05, 4.69) is 32.0 Å². The van der Waals surface area contributed by atoms with E-state index in [9.17, 15) is 0 Å². The van der Waals surface area contributed by atoms with Gasteiger partial charge in [-0.2, -0.15) is 0 Å². The van der Waals surface area contributed by atoms with E-state index in [4.69, 9.17) is 10.5 Å². The first-order chi connectivity index (χ1) is 9.15. The van der Waals surface area contributed by atoms with Crippen molar-refractivity contribution in [2.24, 2.45) is 23.5 Å². The molecule has 3 rings (SSSR count). The summed E-state index contributed by atoms with van der Waals surface area (Å²) in [5, 5.41) is 0. The molecule has 0 radical (unpaired) electrons. The lowest BCUT2D eigenvalue weighted by Gasteiger charge is -2.29. The van der Waals surface area contributed by atoms with E-state index in [0.717, 1.165) is 17.6 Å². The summed E-state index contributed by atoms with van der Waals surface area (Å²) in [6.07, 6.45) is 5.75. The molecule has 0 aliphatic heterocycles. The molecule has 4 unspecified atom stereocenters. The van der Waals surface area contributed by atoms with Gasteiger partial charge < -0.3 is 10.5 Å². The molecule has 2 bridgehead atoms. The first kappa shape index (κ1) is 13.0. The molecule has 2 aliphatic carbocycles. The van der Waals surface area contributed by atoms with Gasteiger partial charge in [0.15, 0.2) is 0 Å². The number of ether oxygens (including phenoxy) is 1. The fourth-order valence-electron chi connectivity index (χ4n) is 4.08. The normalized spacial score (nSPS) is 30.8. The molecule has 0 heterocycles. The maximum absolute atomic E-state index is 6.58. The van der Waals surface area contributed by atoms with E-state index in [1.54, 1.807) is 0 Å². The van der Waals surface area contributed by atoms with Gasteiger partial charge in [0.1, 0.15) is 5.75 Å². The number of fused-ring (bicyclic) bond motifs is 2. The van der Waals surface area contributed by atoms with Crippen molar-refractivity contribution in [3.05, 3.63) is 29.8 Å². The van der Waals surface area contributed by atoms with Crippen LogP contribution >= 0.6 is 0 Å². The average Bonchev–Trinajstić information content (AvgIpc) is 3.00. The molecule has 2 heteroatoms. The summed E-state index contributed by atoms with van der Waals surface area (Å²) in [6, 6.07) is 8.46. The summed E-state index contributed by atoms with van der Waals surface area (Å²) in [5.74, 6) is 3.44. The van der Waals surface area contributed by atoms with Crippen molar-refractivity contribution in [2.75, 3.05) is 0 Å². The van der Waals surface area contributed by atoms with Crippen molar-refractivity contribution in [1.29, 1.82) is 0 Å². The van der Waals surface area contributed by atoms with Gasteiger partial charge in [0.2, 0.25) is 0 Å². The van der Waals surface area contributed by atoms with Gasteiger partial charge in [0.25, 0.3) is 0 Å². The topological polar surface area (TPSA) is 35.2 Å². The third-order valence-corrected chi connectivity index (χ3v) is 4.89. The van der Waals surface area contributed by atoms with Crippen LogP contribution in [0.5, 0.6) is 5.75 Å². The standard InChI is InChI=1S/C17H25NO/c1-11(2)19-16-6-4-3-5-14(16)17(18)15-10-12-7-8-13(15)9-12/h3-6,11-13,15,17H,7-10,18H2,1-2H3. The highest BCUT2D eigenvalue weighted by Crippen LogP contribution is 2.52. The van der Waals surface area contributed by atoms with Gasteiger partial charge in [0.05, 0.1) is 6.10 Å². The Kier molecular flexibility index (Phi) is 3.53. The fourth-order valence-corrected chi connectivity index (χ4v) is 4.08. The van der Waals surface area contributed by atoms with Crippen molar-refractivity contribution < 1.29 is 4.74 Å². The van der Waals surface area contributed by atoms with Crippen molar-refractivity contribution in [3.8, 4) is 5.75 Å². The zero-order valence-electron chi connectivity index (χ0n) is 12.0. The van der Waals surface area contributed by atoms with Gasteiger partial charge in [-0.05, 0) is 56.9 Å². The van der Waals surface area contributed by atoms with E-state index < -0.39 is 0 Å². The Labute approximate surface area is 116 Å². The molecule has 4 atom stereocenters. The molecule has 1 aromatic carbocycles. The van der Waals surface area contributed by atoms with Crippen LogP contribution in [0.25, 0.3) is 0 Å². The Balaban J connectivity index is 1.81. The molecule has 0 aromatic heterocycles. The van der Waals surface area contributed by atoms with Crippen LogP contribution < -0.4 is 10.5 Å². The van der Waals surface area contributed by atoms with Gasteiger partial charge in [-0.15, -0.1) is 0 Å². The zero-order chi connectivity index (χ0) is 13.4. The number of nitrogens with two attached hydrogens (primary N) is 1. The molecule has 1 aromatic rings. The van der Waals surface area contributed by atoms with Crippen LogP contribution in [0, 0.1) is 17.8 Å². The Bertz CT molecular complexity index is 443. The molecule has 104 valence electrons. The Morgan fingerprint density at radius 1 is 1.16 bits per heavy atom. The van der Waals surface area contributed by atoms with E-state index in [0.29, 0.717) is 5.92 Å². The van der Waals surface area contributed by atoms with E-state index in [1.807, 2.05) is 6.07 Å². The summed E-state index contributed by atoms with van der Waals surface area (Å²) in [4.78, 5) is 0. The molecule has 0 amide bonds. The van der Waals surface area contributed by atoms with Crippen LogP contribution in [0.2, 0.25) is 0 Å². The maximum atomic E-state index is 6.58. The van der Waals surface area contributed by atoms with Crippen LogP contribution in [-0.2, 0) is 0 Å². The summed E-state index contributed by atoms with van der Waals surface area (Å²) in [6.45, 7) is 4.14. The minimum absolute atomic E-state index is 0.144. The summed E-state index contributed by atoms with van der Waals surface area (Å²) >= 11 is 0. The summed E-state index contributed by atoms with van der Waals surface area (Å²) < 4.78 is 5.93. The number of rotatable bonds is 4. The molecule has 0 spiro atoms. The Hall–Kier alpha value is -1.02. The predicted molar refractivity (Wildman–Crippen MR) is 78.1 cm³/mol. The molecule has 19 heavy (non-hydrogen) atoms. The van der Waals surface area contributed by atoms with Crippen molar-refractivity contribution in [2.45, 2.75) is 51.7 Å². The molecule has 0 saturated heterocycles. The zero-order valence-corrected chi connectivity index (χ0v) is 12.0. The van der Waals surface area contributed by atoms with Crippen LogP contribution in [0.1, 0.15) is 51.1 Å². The third-order valence-electron chi connectivity index (χ3n) is 4.89. The average molecular weight is 259 g/mol. The molecular weight excluding hydrogens is 234 g/mol. The molecule has 2 nitrogen and oxygen atoms in total. The van der Waals surface area contributed by atoms with Crippen LogP contribution in [-0.4, -0.2) is 6.10 Å². The predicted octanol–water partition coefficient (Wildman–Crippen LogP) is 3.91. The number of benzene rings is 1. The van der Waals surface area contributed by atoms with Crippen molar-refractivity contribution >= 4 is 0 Å². The lowest BCUT2D eigenvalue weighted by Crippen LogP contribution is -2.26. The van der Waals surface area contributed by atoms with Crippen LogP contribution in [0.15, 0.2) is 24.3 Å². The third kappa shape index (κ3) is 2.51. The lowest BCUT2D eigenvalue weighted by molar-refractivity contribution is 0.230. The lowest BCUT2D eigenvalue weighted by atomic mass is 9.81. The smallest absolute Gasteiger partial charge is 0.124 e. The second-order valence-electron chi connectivity index (χ2n) is 6.57. The first-order valence-corrected chi connectivity index (χ1v) is 7.66. The second-order valence-corrected chi connectivity index (χ2v) is 6.57. The second kappa shape index (κ2) is 5.16. The minimum Gasteiger partial charge on any atom is -0.491 e. The highest BCUT2D eigenvalue weighted by molar-refractivity contribution is 5.36. The SMILES string of the molecule is CC(C)Oc1ccccc1C(N)C1CC2CCC1C2. The quantitative estimate of drug-likeness (QED) is 0.889. The maximum Gasteiger partial charge on any atom is 0.124 e. The molecule has 2 saturated carbocycles. The Morgan fingerprint density at radius 2 is 1.95 bits per heavy atom. The van der Waals surface area contributed by atoms with E-state index >= 15 is 0 Å². The van der Waals surface area contributed by atoms with Crippen LogP contribution in [0.3, 0.4) is 0 Å². The Morgan fingerprint density at radius 3 is 2.58 bits per heavy atom. The van der Waals surface area contributed by atoms with Gasteiger partial charge in [-0.25, -0.2) is 0 Å². The minimum atomic E-state index is 0.144. The van der Waals surface area contributed by atoms with Gasteiger partial charge >= 0.3 is 0 Å². The molecule has 2 N–H and O–H groups in total. The van der Waals surface area contributed by atoms with E-state index in [-0.39, 0.29) is 12.1 Å². The summed E-state index contributed by atoms with van der Waals surface area (Å²) in [7, 11) is 0. The fraction of sp³-hybridized carbons (Fsp3) is 0.647. The van der Waals surface area contributed by atoms with Gasteiger partial charge in [-0.3, -0.25) is 0 Å². The van der Waals surface area contributed by atoms with Crippen molar-refractivity contribution in [3.63, 3.8) is 0 Å². The molecule has 2 fully saturated rings. The molecule has 2 aliphatic rings. The molecular formula is C17H25NO. The number of para-hydroxylation sites is 1. The largest absolute Gasteiger partial charge is 0.491 e. The summed E-state index contributed by atoms with van der Waals surface area (Å²) in [5.41, 5.74) is 7.79. The highest BCUT2D eigenvalue weighted by Gasteiger charge is 2.42.